The minimum Gasteiger partial charge on any atom is -0.442 e. The number of ether oxygens (including phenoxy) is 2. The minimum atomic E-state index is -0.527. The van der Waals surface area contributed by atoms with E-state index in [9.17, 15) is 4.79 Å². The Hall–Kier alpha value is -4.09. The molecule has 1 N–H and O–H groups in total. The minimum absolute atomic E-state index is 0.232. The molecule has 3 aromatic rings. The van der Waals surface area contributed by atoms with Crippen molar-refractivity contribution >= 4 is 17.5 Å². The number of nitrogens with one attached hydrogen (secondary N) is 1. The number of carbonyl (C=O) groups excluding carboxylic acids is 1. The lowest BCUT2D eigenvalue weighted by Crippen LogP contribution is -2.26. The number of pyridine rings is 1. The first kappa shape index (κ1) is 22.7. The molecule has 1 saturated heterocycles. The third kappa shape index (κ3) is 5.05. The number of hydrogen-bond acceptors (Lipinski definition) is 8. The predicted molar refractivity (Wildman–Crippen MR) is 124 cm³/mol. The number of hydroxylamine groups is 1. The quantitative estimate of drug-likeness (QED) is 0.370. The monoisotopic (exact) mass is 478 g/mol. The van der Waals surface area contributed by atoms with Gasteiger partial charge < -0.3 is 9.47 Å². The largest absolute Gasteiger partial charge is 0.442 e. The Morgan fingerprint density at radius 2 is 2.23 bits per heavy atom. The van der Waals surface area contributed by atoms with Crippen LogP contribution in [0.15, 0.2) is 67.7 Å². The highest BCUT2D eigenvalue weighted by Crippen LogP contribution is 2.30. The number of nitrogens with zero attached hydrogens (tertiary/aromatic N) is 5. The first-order valence-electron chi connectivity index (χ1n) is 11.0. The number of amides is 1. The fourth-order valence-electron chi connectivity index (χ4n) is 3.87. The van der Waals surface area contributed by atoms with Crippen LogP contribution in [-0.2, 0) is 20.9 Å². The van der Waals surface area contributed by atoms with Crippen LogP contribution >= 0.6 is 0 Å². The van der Waals surface area contributed by atoms with Crippen LogP contribution in [0.5, 0.6) is 0 Å². The summed E-state index contributed by atoms with van der Waals surface area (Å²) in [5, 5.41) is 7.62. The van der Waals surface area contributed by atoms with E-state index < -0.39 is 18.0 Å². The second-order valence-electron chi connectivity index (χ2n) is 8.00. The zero-order chi connectivity index (χ0) is 24.2. The van der Waals surface area contributed by atoms with Gasteiger partial charge in [-0.2, -0.15) is 0 Å². The predicted octanol–water partition coefficient (Wildman–Crippen LogP) is 2.95. The fourth-order valence-corrected chi connectivity index (χ4v) is 3.87. The zero-order valence-corrected chi connectivity index (χ0v) is 18.7. The van der Waals surface area contributed by atoms with E-state index >= 15 is 4.39 Å². The highest BCUT2D eigenvalue weighted by molar-refractivity contribution is 5.90. The van der Waals surface area contributed by atoms with Gasteiger partial charge in [0.2, 0.25) is 0 Å². The van der Waals surface area contributed by atoms with Crippen LogP contribution in [-0.4, -0.2) is 58.0 Å². The van der Waals surface area contributed by atoms with E-state index in [1.54, 1.807) is 53.6 Å². The van der Waals surface area contributed by atoms with Crippen molar-refractivity contribution in [2.45, 2.75) is 18.8 Å². The Bertz CT molecular complexity index is 1230. The molecule has 2 aromatic heterocycles. The van der Waals surface area contributed by atoms with Gasteiger partial charge in [0.1, 0.15) is 18.0 Å². The maximum Gasteiger partial charge on any atom is 0.414 e. The first-order chi connectivity index (χ1) is 17.1. The van der Waals surface area contributed by atoms with Gasteiger partial charge in [-0.3, -0.25) is 20.2 Å². The van der Waals surface area contributed by atoms with Crippen molar-refractivity contribution in [3.8, 4) is 11.1 Å². The molecule has 0 aliphatic carbocycles. The third-order valence-electron chi connectivity index (χ3n) is 5.54. The standard InChI is InChI=1S/C24H23FN6O4/c1-2-9-33-15-18-11-23(28-35-18)22-6-3-16(12-26-22)20-5-4-17(10-21(20)25)31-14-19(34-24(31)32)13-30-8-7-27-29-30/h2-8,10-12,18-19,28H,1,9,13-15H2/t18-,19-/m0/s1. The number of carbonyl (C=O) groups is 1. The Balaban J connectivity index is 1.25. The summed E-state index contributed by atoms with van der Waals surface area (Å²) in [5.74, 6) is -0.467. The van der Waals surface area contributed by atoms with Gasteiger partial charge in [-0.1, -0.05) is 17.4 Å². The van der Waals surface area contributed by atoms with Crippen molar-refractivity contribution in [3.63, 3.8) is 0 Å². The summed E-state index contributed by atoms with van der Waals surface area (Å²) in [4.78, 5) is 23.6. The molecule has 0 bridgehead atoms. The Labute approximate surface area is 200 Å². The van der Waals surface area contributed by atoms with Crippen LogP contribution in [0.2, 0.25) is 0 Å². The van der Waals surface area contributed by atoms with Crippen molar-refractivity contribution in [1.29, 1.82) is 0 Å². The van der Waals surface area contributed by atoms with Crippen LogP contribution in [0.4, 0.5) is 14.9 Å². The summed E-state index contributed by atoms with van der Waals surface area (Å²) in [6.07, 6.45) is 7.23. The lowest BCUT2D eigenvalue weighted by atomic mass is 10.1. The van der Waals surface area contributed by atoms with E-state index in [-0.39, 0.29) is 12.6 Å². The summed E-state index contributed by atoms with van der Waals surface area (Å²) in [5.41, 5.74) is 5.62. The van der Waals surface area contributed by atoms with E-state index in [0.29, 0.717) is 48.0 Å². The van der Waals surface area contributed by atoms with Crippen LogP contribution in [0, 0.1) is 5.82 Å². The average Bonchev–Trinajstić information content (AvgIpc) is 3.62. The molecule has 180 valence electrons. The molecule has 0 unspecified atom stereocenters. The molecule has 4 heterocycles. The third-order valence-corrected chi connectivity index (χ3v) is 5.54. The van der Waals surface area contributed by atoms with Gasteiger partial charge in [0.05, 0.1) is 49.6 Å². The number of hydrogen-bond donors (Lipinski definition) is 1. The zero-order valence-electron chi connectivity index (χ0n) is 18.7. The summed E-state index contributed by atoms with van der Waals surface area (Å²) >= 11 is 0. The molecule has 2 aliphatic heterocycles. The molecular formula is C24H23FN6O4. The number of cyclic esters (lactones) is 1. The Morgan fingerprint density at radius 3 is 2.97 bits per heavy atom. The van der Waals surface area contributed by atoms with E-state index in [1.807, 2.05) is 6.08 Å². The normalized spacial score (nSPS) is 19.4. The van der Waals surface area contributed by atoms with Gasteiger partial charge in [-0.25, -0.2) is 13.9 Å². The molecule has 2 atom stereocenters. The van der Waals surface area contributed by atoms with Crippen molar-refractivity contribution in [3.05, 3.63) is 79.2 Å². The van der Waals surface area contributed by atoms with E-state index in [0.717, 1.165) is 0 Å². The van der Waals surface area contributed by atoms with Gasteiger partial charge in [0.15, 0.2) is 0 Å². The SMILES string of the molecule is C=CCOC[C@@H]1C=C(c2ccc(-c3ccc(N4C[C@H](Cn5ccnn5)OC4=O)cc3F)cn2)NO1. The van der Waals surface area contributed by atoms with Crippen molar-refractivity contribution in [2.75, 3.05) is 24.7 Å². The van der Waals surface area contributed by atoms with Gasteiger partial charge >= 0.3 is 6.09 Å². The summed E-state index contributed by atoms with van der Waals surface area (Å²) < 4.78 is 27.4. The number of anilines is 1. The molecule has 1 amide bonds. The number of aromatic nitrogens is 4. The van der Waals surface area contributed by atoms with Crippen molar-refractivity contribution < 1.29 is 23.5 Å². The summed E-state index contributed by atoms with van der Waals surface area (Å²) in [7, 11) is 0. The van der Waals surface area contributed by atoms with Gasteiger partial charge in [0, 0.05) is 23.5 Å². The van der Waals surface area contributed by atoms with Crippen molar-refractivity contribution in [1.82, 2.24) is 25.5 Å². The molecule has 10 nitrogen and oxygen atoms in total. The molecule has 2 aliphatic rings. The fraction of sp³-hybridized carbons (Fsp3) is 0.250. The van der Waals surface area contributed by atoms with Gasteiger partial charge in [-0.05, 0) is 30.3 Å². The van der Waals surface area contributed by atoms with Crippen LogP contribution in [0.25, 0.3) is 16.8 Å². The van der Waals surface area contributed by atoms with Crippen LogP contribution in [0.3, 0.4) is 0 Å². The summed E-state index contributed by atoms with van der Waals surface area (Å²) in [6, 6.07) is 8.20. The second kappa shape index (κ2) is 10.0. The van der Waals surface area contributed by atoms with E-state index in [4.69, 9.17) is 14.3 Å². The number of benzene rings is 1. The number of halogens is 1. The molecule has 1 aromatic carbocycles. The van der Waals surface area contributed by atoms with Crippen LogP contribution in [0.1, 0.15) is 5.69 Å². The molecule has 11 heteroatoms. The maximum absolute atomic E-state index is 15.0. The van der Waals surface area contributed by atoms with Gasteiger partial charge in [0.25, 0.3) is 0 Å². The Kier molecular flexibility index (Phi) is 6.51. The Morgan fingerprint density at radius 1 is 1.31 bits per heavy atom. The van der Waals surface area contributed by atoms with Crippen molar-refractivity contribution in [2.24, 2.45) is 0 Å². The maximum atomic E-state index is 15.0. The lowest BCUT2D eigenvalue weighted by molar-refractivity contribution is -0.00382. The van der Waals surface area contributed by atoms with E-state index in [2.05, 4.69) is 27.4 Å². The number of rotatable bonds is 9. The van der Waals surface area contributed by atoms with Gasteiger partial charge in [-0.15, -0.1) is 11.7 Å². The second-order valence-corrected chi connectivity index (χ2v) is 8.00. The average molecular weight is 478 g/mol. The first-order valence-corrected chi connectivity index (χ1v) is 11.0. The molecule has 0 spiro atoms. The topological polar surface area (TPSA) is 104 Å². The highest BCUT2D eigenvalue weighted by Gasteiger charge is 2.33. The summed E-state index contributed by atoms with van der Waals surface area (Å²) in [6.45, 7) is 5.11. The molecule has 0 saturated carbocycles. The molecule has 5 rings (SSSR count). The molecule has 1 fully saturated rings. The molecular weight excluding hydrogens is 455 g/mol. The van der Waals surface area contributed by atoms with Crippen LogP contribution < -0.4 is 10.4 Å². The smallest absolute Gasteiger partial charge is 0.414 e. The van der Waals surface area contributed by atoms with E-state index in [1.165, 1.54) is 11.0 Å². The highest BCUT2D eigenvalue weighted by atomic mass is 19.1. The molecule has 0 radical (unpaired) electrons. The molecule has 35 heavy (non-hydrogen) atoms. The lowest BCUT2D eigenvalue weighted by Gasteiger charge is -2.14.